The third-order valence-electron chi connectivity index (χ3n) is 4.96. The number of nitrogens with zero attached hydrogens (tertiary/aromatic N) is 4. The second-order valence-corrected chi connectivity index (χ2v) is 7.34. The minimum atomic E-state index is -1.67. The summed E-state index contributed by atoms with van der Waals surface area (Å²) in [5.74, 6) is 0. The van der Waals surface area contributed by atoms with Crippen molar-refractivity contribution in [2.75, 3.05) is 14.2 Å². The highest BCUT2D eigenvalue weighted by Gasteiger charge is 2.60. The fraction of sp³-hybridized carbons (Fsp3) is 0.273. The maximum absolute atomic E-state index is 10.6. The Kier molecular flexibility index (Phi) is 7.45. The number of benzene rings is 2. The summed E-state index contributed by atoms with van der Waals surface area (Å²) in [4.78, 5) is 10.00. The number of rotatable bonds is 7. The van der Waals surface area contributed by atoms with Gasteiger partial charge in [-0.05, 0) is 49.2 Å². The van der Waals surface area contributed by atoms with Gasteiger partial charge in [0.1, 0.15) is 14.2 Å². The quantitative estimate of drug-likeness (QED) is 0.431. The summed E-state index contributed by atoms with van der Waals surface area (Å²) < 4.78 is 0. The first-order valence-electron chi connectivity index (χ1n) is 8.85. The van der Waals surface area contributed by atoms with Gasteiger partial charge in [0.2, 0.25) is 0 Å². The molecule has 154 valence electrons. The van der Waals surface area contributed by atoms with E-state index in [4.69, 9.17) is 32.9 Å². The Hall–Kier alpha value is -3.06. The molecule has 0 amide bonds. The number of nitriles is 2. The zero-order valence-electron chi connectivity index (χ0n) is 17.0. The number of hydrogen-bond donors (Lipinski definition) is 0. The number of hydrogen-bond acceptors (Lipinski definition) is 6. The Morgan fingerprint density at radius 1 is 0.800 bits per heavy atom. The molecule has 30 heavy (non-hydrogen) atoms. The molecule has 6 nitrogen and oxygen atoms in total. The molecule has 0 aliphatic carbocycles. The molecule has 0 saturated carbocycles. The van der Waals surface area contributed by atoms with Crippen LogP contribution in [0.25, 0.3) is 0 Å². The van der Waals surface area contributed by atoms with Crippen molar-refractivity contribution in [2.24, 2.45) is 10.3 Å². The fourth-order valence-electron chi connectivity index (χ4n) is 3.71. The minimum Gasteiger partial charge on any atom is -0.399 e. The van der Waals surface area contributed by atoms with Crippen LogP contribution in [0.4, 0.5) is 0 Å². The summed E-state index contributed by atoms with van der Waals surface area (Å²) in [6.45, 7) is 3.23. The van der Waals surface area contributed by atoms with Crippen LogP contribution in [0, 0.1) is 22.7 Å². The van der Waals surface area contributed by atoms with Crippen molar-refractivity contribution in [3.05, 3.63) is 69.7 Å². The van der Waals surface area contributed by atoms with Crippen molar-refractivity contribution in [3.63, 3.8) is 0 Å². The van der Waals surface area contributed by atoms with Crippen molar-refractivity contribution >= 4 is 34.6 Å². The second kappa shape index (κ2) is 9.63. The van der Waals surface area contributed by atoms with E-state index in [1.807, 2.05) is 0 Å². The molecule has 0 radical (unpaired) electrons. The zero-order chi connectivity index (χ0) is 22.4. The maximum Gasteiger partial charge on any atom is 0.151 e. The van der Waals surface area contributed by atoms with Gasteiger partial charge in [0.25, 0.3) is 0 Å². The van der Waals surface area contributed by atoms with Gasteiger partial charge in [0.15, 0.2) is 10.8 Å². The summed E-state index contributed by atoms with van der Waals surface area (Å²) in [6, 6.07) is 18.1. The molecule has 2 aromatic carbocycles. The van der Waals surface area contributed by atoms with Gasteiger partial charge in [-0.15, -0.1) is 0 Å². The molecule has 0 unspecified atom stereocenters. The first kappa shape index (κ1) is 23.2. The van der Waals surface area contributed by atoms with Gasteiger partial charge in [-0.3, -0.25) is 0 Å². The van der Waals surface area contributed by atoms with E-state index in [0.717, 1.165) is 0 Å². The van der Waals surface area contributed by atoms with Crippen LogP contribution in [-0.2, 0) is 20.5 Å². The normalized spacial score (nSPS) is 15.9. The van der Waals surface area contributed by atoms with Gasteiger partial charge in [-0.2, -0.15) is 10.5 Å². The Morgan fingerprint density at radius 2 is 1.17 bits per heavy atom. The van der Waals surface area contributed by atoms with E-state index >= 15 is 0 Å². The molecular weight excluding hydrogens is 423 g/mol. The van der Waals surface area contributed by atoms with Gasteiger partial charge in [0.05, 0.1) is 23.6 Å². The lowest BCUT2D eigenvalue weighted by molar-refractivity contribution is 0.206. The molecule has 0 bridgehead atoms. The minimum absolute atomic E-state index is 0.238. The molecule has 0 saturated heterocycles. The maximum atomic E-state index is 10.6. The average molecular weight is 443 g/mol. The first-order chi connectivity index (χ1) is 14.3. The van der Waals surface area contributed by atoms with Crippen LogP contribution in [0.3, 0.4) is 0 Å². The van der Waals surface area contributed by atoms with E-state index in [0.29, 0.717) is 21.2 Å². The first-order valence-corrected chi connectivity index (χ1v) is 9.60. The van der Waals surface area contributed by atoms with Crippen LogP contribution in [-0.4, -0.2) is 25.6 Å². The molecular formula is C22H20Cl2N4O2. The van der Waals surface area contributed by atoms with E-state index in [1.54, 1.807) is 62.4 Å². The molecule has 8 heteroatoms. The monoisotopic (exact) mass is 442 g/mol. The van der Waals surface area contributed by atoms with Crippen molar-refractivity contribution in [1.29, 1.82) is 10.5 Å². The third kappa shape index (κ3) is 3.73. The van der Waals surface area contributed by atoms with E-state index in [9.17, 15) is 10.5 Å². The van der Waals surface area contributed by atoms with E-state index < -0.39 is 10.8 Å². The van der Waals surface area contributed by atoms with Gasteiger partial charge in [-0.25, -0.2) is 0 Å². The van der Waals surface area contributed by atoms with Crippen LogP contribution in [0.1, 0.15) is 25.0 Å². The largest absolute Gasteiger partial charge is 0.399 e. The van der Waals surface area contributed by atoms with Gasteiger partial charge in [0, 0.05) is 10.0 Å². The lowest BCUT2D eigenvalue weighted by Gasteiger charge is -2.41. The van der Waals surface area contributed by atoms with Crippen LogP contribution in [0.15, 0.2) is 58.8 Å². The Morgan fingerprint density at radius 3 is 1.43 bits per heavy atom. The number of oxime groups is 2. The van der Waals surface area contributed by atoms with Gasteiger partial charge >= 0.3 is 0 Å². The predicted octanol–water partition coefficient (Wildman–Crippen LogP) is 5.26. The van der Waals surface area contributed by atoms with E-state index in [-0.39, 0.29) is 11.4 Å². The molecule has 0 heterocycles. The van der Waals surface area contributed by atoms with E-state index in [1.165, 1.54) is 14.2 Å². The highest BCUT2D eigenvalue weighted by atomic mass is 35.5. The smallest absolute Gasteiger partial charge is 0.151 e. The summed E-state index contributed by atoms with van der Waals surface area (Å²) in [6.07, 6.45) is 0. The lowest BCUT2D eigenvalue weighted by Crippen LogP contribution is -2.56. The fourth-order valence-corrected chi connectivity index (χ4v) is 4.09. The average Bonchev–Trinajstić information content (AvgIpc) is 2.72. The second-order valence-electron chi connectivity index (χ2n) is 6.46. The predicted molar refractivity (Wildman–Crippen MR) is 118 cm³/mol. The summed E-state index contributed by atoms with van der Waals surface area (Å²) in [5, 5.41) is 30.1. The zero-order valence-corrected chi connectivity index (χ0v) is 18.5. The van der Waals surface area contributed by atoms with Crippen molar-refractivity contribution in [1.82, 2.24) is 0 Å². The van der Waals surface area contributed by atoms with Crippen LogP contribution in [0.2, 0.25) is 10.0 Å². The van der Waals surface area contributed by atoms with Crippen LogP contribution in [0.5, 0.6) is 0 Å². The molecule has 0 fully saturated rings. The highest BCUT2D eigenvalue weighted by Crippen LogP contribution is 2.47. The van der Waals surface area contributed by atoms with Crippen molar-refractivity contribution in [2.45, 2.75) is 24.7 Å². The standard InChI is InChI=1S/C22H20Cl2N4O2/c1-15(27-29-3)21(13-25,17-7-5-9-19(23)11-17)22(14-26,16(2)28-30-4)18-8-6-10-20(24)12-18/h5-12H,1-4H3/b27-15+,28-16+/t21-,22-/m1/s1. The Labute approximate surface area is 185 Å². The highest BCUT2D eigenvalue weighted by molar-refractivity contribution is 6.31. The summed E-state index contributed by atoms with van der Waals surface area (Å²) >= 11 is 12.5. The van der Waals surface area contributed by atoms with Crippen molar-refractivity contribution in [3.8, 4) is 12.1 Å². The SMILES string of the molecule is CO/N=C(\C)[C@](C#N)(c1cccc(Cl)c1)[C@](C#N)(/C(C)=N/OC)c1cccc(Cl)c1. The van der Waals surface area contributed by atoms with Crippen LogP contribution < -0.4 is 0 Å². The van der Waals surface area contributed by atoms with Crippen molar-refractivity contribution < 1.29 is 9.68 Å². The molecule has 0 spiro atoms. The number of halogens is 2. The lowest BCUT2D eigenvalue weighted by atomic mass is 9.54. The van der Waals surface area contributed by atoms with Gasteiger partial charge < -0.3 is 9.68 Å². The molecule has 2 rings (SSSR count). The summed E-state index contributed by atoms with van der Waals surface area (Å²) in [5.41, 5.74) is -1.96. The Balaban J connectivity index is 3.15. The molecule has 0 aliphatic heterocycles. The molecule has 0 aliphatic rings. The van der Waals surface area contributed by atoms with E-state index in [2.05, 4.69) is 22.4 Å². The molecule has 2 aromatic rings. The topological polar surface area (TPSA) is 90.8 Å². The molecule has 0 N–H and O–H groups in total. The molecule has 2 atom stereocenters. The Bertz CT molecular complexity index is 986. The molecule has 0 aromatic heterocycles. The summed E-state index contributed by atoms with van der Waals surface area (Å²) in [7, 11) is 2.74. The van der Waals surface area contributed by atoms with Crippen LogP contribution >= 0.6 is 23.2 Å². The third-order valence-corrected chi connectivity index (χ3v) is 5.43. The van der Waals surface area contributed by atoms with Gasteiger partial charge in [-0.1, -0.05) is 57.8 Å².